The minimum Gasteiger partial charge on any atom is -0.339 e. The predicted octanol–water partition coefficient (Wildman–Crippen LogP) is 0.995. The van der Waals surface area contributed by atoms with Crippen LogP contribution >= 0.6 is 0 Å². The van der Waals surface area contributed by atoms with Crippen molar-refractivity contribution in [3.8, 4) is 0 Å². The molecule has 1 N–H and O–H groups in total. The third kappa shape index (κ3) is 2.44. The molecule has 1 aliphatic heterocycles. The van der Waals surface area contributed by atoms with E-state index in [9.17, 15) is 4.79 Å². The van der Waals surface area contributed by atoms with E-state index < -0.39 is 0 Å². The Kier molecular flexibility index (Phi) is 3.72. The van der Waals surface area contributed by atoms with Crippen LogP contribution < -0.4 is 5.32 Å². The van der Waals surface area contributed by atoms with E-state index in [1.54, 1.807) is 0 Å². The number of carbonyl (C=O) groups excluding carboxylic acids is 1. The van der Waals surface area contributed by atoms with Gasteiger partial charge in [-0.1, -0.05) is 0 Å². The molecule has 0 aliphatic carbocycles. The number of likely N-dealkylation sites (N-methyl/N-ethyl adjacent to an activating group) is 1. The molecule has 3 nitrogen and oxygen atoms in total. The lowest BCUT2D eigenvalue weighted by Gasteiger charge is -2.27. The maximum Gasteiger partial charge on any atom is 0.239 e. The molecule has 13 heavy (non-hydrogen) atoms. The highest BCUT2D eigenvalue weighted by atomic mass is 16.2. The fraction of sp³-hybridized carbons (Fsp3) is 0.900. The van der Waals surface area contributed by atoms with Crippen molar-refractivity contribution < 1.29 is 4.79 Å². The summed E-state index contributed by atoms with van der Waals surface area (Å²) in [6.07, 6.45) is 2.13. The summed E-state index contributed by atoms with van der Waals surface area (Å²) >= 11 is 0. The Bertz CT molecular complexity index is 174. The van der Waals surface area contributed by atoms with Gasteiger partial charge in [0.1, 0.15) is 0 Å². The van der Waals surface area contributed by atoms with Crippen molar-refractivity contribution in [1.29, 1.82) is 0 Å². The van der Waals surface area contributed by atoms with Gasteiger partial charge in [0.05, 0.1) is 6.04 Å². The lowest BCUT2D eigenvalue weighted by molar-refractivity contribution is -0.134. The SMILES string of the molecule is CCN(C(=O)[C@@H]1CCCN1)C(C)C. The van der Waals surface area contributed by atoms with Crippen molar-refractivity contribution in [3.05, 3.63) is 0 Å². The fourth-order valence-corrected chi connectivity index (χ4v) is 1.87. The minimum atomic E-state index is 0.0855. The highest BCUT2D eigenvalue weighted by Crippen LogP contribution is 2.10. The molecule has 0 bridgehead atoms. The van der Waals surface area contributed by atoms with Crippen LogP contribution in [0.25, 0.3) is 0 Å². The first-order valence-electron chi connectivity index (χ1n) is 5.20. The minimum absolute atomic E-state index is 0.0855. The van der Waals surface area contributed by atoms with Gasteiger partial charge in [-0.3, -0.25) is 4.79 Å². The van der Waals surface area contributed by atoms with E-state index in [1.165, 1.54) is 0 Å². The Morgan fingerprint density at radius 3 is 2.69 bits per heavy atom. The highest BCUT2D eigenvalue weighted by Gasteiger charge is 2.26. The second-order valence-corrected chi connectivity index (χ2v) is 3.87. The van der Waals surface area contributed by atoms with Crippen LogP contribution in [0.3, 0.4) is 0 Å². The molecule has 0 unspecified atom stereocenters. The van der Waals surface area contributed by atoms with Crippen LogP contribution in [0.15, 0.2) is 0 Å². The van der Waals surface area contributed by atoms with E-state index in [1.807, 2.05) is 11.8 Å². The van der Waals surface area contributed by atoms with Crippen LogP contribution in [0, 0.1) is 0 Å². The second kappa shape index (κ2) is 4.61. The molecule has 0 aromatic heterocycles. The highest BCUT2D eigenvalue weighted by molar-refractivity contribution is 5.82. The van der Waals surface area contributed by atoms with Crippen molar-refractivity contribution in [1.82, 2.24) is 10.2 Å². The van der Waals surface area contributed by atoms with Crippen molar-refractivity contribution >= 4 is 5.91 Å². The number of carbonyl (C=O) groups is 1. The third-order valence-corrected chi connectivity index (χ3v) is 2.61. The van der Waals surface area contributed by atoms with Crippen LogP contribution in [0.1, 0.15) is 33.6 Å². The summed E-state index contributed by atoms with van der Waals surface area (Å²) in [5.74, 6) is 0.273. The molecule has 0 saturated carbocycles. The summed E-state index contributed by atoms with van der Waals surface area (Å²) in [6, 6.07) is 0.405. The predicted molar refractivity (Wildman–Crippen MR) is 53.5 cm³/mol. The lowest BCUT2D eigenvalue weighted by atomic mass is 10.2. The Balaban J connectivity index is 2.52. The van der Waals surface area contributed by atoms with Crippen LogP contribution in [0.5, 0.6) is 0 Å². The van der Waals surface area contributed by atoms with Gasteiger partial charge in [0, 0.05) is 12.6 Å². The van der Waals surface area contributed by atoms with Crippen molar-refractivity contribution in [3.63, 3.8) is 0 Å². The average molecular weight is 184 g/mol. The van der Waals surface area contributed by atoms with E-state index in [4.69, 9.17) is 0 Å². The Morgan fingerprint density at radius 2 is 2.31 bits per heavy atom. The van der Waals surface area contributed by atoms with E-state index in [2.05, 4.69) is 19.2 Å². The van der Waals surface area contributed by atoms with Crippen LogP contribution in [0.4, 0.5) is 0 Å². The summed E-state index contributed by atoms with van der Waals surface area (Å²) in [6.45, 7) is 7.97. The maximum absolute atomic E-state index is 11.9. The van der Waals surface area contributed by atoms with Crippen LogP contribution in [-0.2, 0) is 4.79 Å². The zero-order chi connectivity index (χ0) is 9.84. The zero-order valence-corrected chi connectivity index (χ0v) is 8.84. The molecule has 1 amide bonds. The van der Waals surface area contributed by atoms with Gasteiger partial charge in [-0.25, -0.2) is 0 Å². The molecular formula is C10H20N2O. The monoisotopic (exact) mass is 184 g/mol. The smallest absolute Gasteiger partial charge is 0.239 e. The molecule has 1 atom stereocenters. The van der Waals surface area contributed by atoms with Gasteiger partial charge in [0.25, 0.3) is 0 Å². The number of nitrogens with one attached hydrogen (secondary N) is 1. The third-order valence-electron chi connectivity index (χ3n) is 2.61. The molecule has 1 rings (SSSR count). The fourth-order valence-electron chi connectivity index (χ4n) is 1.87. The number of nitrogens with zero attached hydrogens (tertiary/aromatic N) is 1. The first kappa shape index (κ1) is 10.5. The lowest BCUT2D eigenvalue weighted by Crippen LogP contribution is -2.46. The molecule has 1 heterocycles. The molecule has 3 heteroatoms. The molecule has 1 saturated heterocycles. The molecule has 0 spiro atoms. The number of hydrogen-bond donors (Lipinski definition) is 1. The molecule has 0 radical (unpaired) electrons. The summed E-state index contributed by atoms with van der Waals surface area (Å²) in [5, 5.41) is 3.23. The molecule has 1 aliphatic rings. The van der Waals surface area contributed by atoms with Crippen molar-refractivity contribution in [2.75, 3.05) is 13.1 Å². The van der Waals surface area contributed by atoms with Crippen molar-refractivity contribution in [2.45, 2.75) is 45.7 Å². The van der Waals surface area contributed by atoms with Gasteiger partial charge in [-0.2, -0.15) is 0 Å². The molecule has 0 aromatic carbocycles. The van der Waals surface area contributed by atoms with E-state index in [0.717, 1.165) is 25.9 Å². The van der Waals surface area contributed by atoms with E-state index in [-0.39, 0.29) is 11.9 Å². The largest absolute Gasteiger partial charge is 0.339 e. The number of hydrogen-bond acceptors (Lipinski definition) is 2. The quantitative estimate of drug-likeness (QED) is 0.709. The Labute approximate surface area is 80.5 Å². The van der Waals surface area contributed by atoms with Gasteiger partial charge in [-0.15, -0.1) is 0 Å². The normalized spacial score (nSPS) is 22.3. The first-order valence-corrected chi connectivity index (χ1v) is 5.20. The maximum atomic E-state index is 11.9. The molecule has 76 valence electrons. The molecular weight excluding hydrogens is 164 g/mol. The molecule has 1 fully saturated rings. The topological polar surface area (TPSA) is 32.3 Å². The number of rotatable bonds is 3. The van der Waals surface area contributed by atoms with Gasteiger partial charge >= 0.3 is 0 Å². The Hall–Kier alpha value is -0.570. The van der Waals surface area contributed by atoms with E-state index in [0.29, 0.717) is 6.04 Å². The second-order valence-electron chi connectivity index (χ2n) is 3.87. The van der Waals surface area contributed by atoms with E-state index >= 15 is 0 Å². The van der Waals surface area contributed by atoms with Gasteiger partial charge in [0.2, 0.25) is 5.91 Å². The zero-order valence-electron chi connectivity index (χ0n) is 8.84. The van der Waals surface area contributed by atoms with Crippen LogP contribution in [-0.4, -0.2) is 36.0 Å². The summed E-state index contributed by atoms with van der Waals surface area (Å²) in [7, 11) is 0. The number of amides is 1. The van der Waals surface area contributed by atoms with Gasteiger partial charge < -0.3 is 10.2 Å². The average Bonchev–Trinajstić information content (AvgIpc) is 2.56. The summed E-state index contributed by atoms with van der Waals surface area (Å²) in [4.78, 5) is 13.8. The van der Waals surface area contributed by atoms with Gasteiger partial charge in [-0.05, 0) is 40.2 Å². The molecule has 0 aromatic rings. The standard InChI is InChI=1S/C10H20N2O/c1-4-12(8(2)3)10(13)9-6-5-7-11-9/h8-9,11H,4-7H2,1-3H3/t9-/m0/s1. The first-order chi connectivity index (χ1) is 6.16. The summed E-state index contributed by atoms with van der Waals surface area (Å²) in [5.41, 5.74) is 0. The van der Waals surface area contributed by atoms with Crippen LogP contribution in [0.2, 0.25) is 0 Å². The summed E-state index contributed by atoms with van der Waals surface area (Å²) < 4.78 is 0. The van der Waals surface area contributed by atoms with Gasteiger partial charge in [0.15, 0.2) is 0 Å². The van der Waals surface area contributed by atoms with Crippen molar-refractivity contribution in [2.24, 2.45) is 0 Å². The Morgan fingerprint density at radius 1 is 1.62 bits per heavy atom.